The highest BCUT2D eigenvalue weighted by Crippen LogP contribution is 2.07. The number of aromatic nitrogens is 2. The largest absolute Gasteiger partial charge is 0.406 e. The molecule has 0 aliphatic heterocycles. The quantitative estimate of drug-likeness (QED) is 0.764. The third-order valence-corrected chi connectivity index (χ3v) is 2.71. The molecule has 0 fully saturated rings. The molecule has 0 aromatic carbocycles. The van der Waals surface area contributed by atoms with Crippen molar-refractivity contribution in [2.24, 2.45) is 0 Å². The molecule has 0 aliphatic carbocycles. The Kier molecular flexibility index (Phi) is 6.07. The highest BCUT2D eigenvalue weighted by Gasteiger charge is 2.13. The summed E-state index contributed by atoms with van der Waals surface area (Å²) in [6.07, 6.45) is 0. The minimum atomic E-state index is 0.346. The zero-order valence-electron chi connectivity index (χ0n) is 11.9. The van der Waals surface area contributed by atoms with E-state index in [9.17, 15) is 0 Å². The van der Waals surface area contributed by atoms with Crippen molar-refractivity contribution in [2.75, 3.05) is 25.5 Å². The first-order valence-corrected chi connectivity index (χ1v) is 6.35. The van der Waals surface area contributed by atoms with E-state index in [1.165, 1.54) is 0 Å². The Morgan fingerprint density at radius 3 is 2.44 bits per heavy atom. The van der Waals surface area contributed by atoms with Crippen LogP contribution in [0.2, 0.25) is 0 Å². The lowest BCUT2D eigenvalue weighted by atomic mass is 10.2. The molecule has 0 saturated heterocycles. The van der Waals surface area contributed by atoms with Crippen LogP contribution >= 0.6 is 0 Å². The van der Waals surface area contributed by atoms with Gasteiger partial charge in [-0.3, -0.25) is 4.90 Å². The van der Waals surface area contributed by atoms with Gasteiger partial charge in [-0.1, -0.05) is 5.10 Å². The third-order valence-electron chi connectivity index (χ3n) is 2.71. The van der Waals surface area contributed by atoms with Crippen LogP contribution in [0.25, 0.3) is 0 Å². The topological polar surface area (TPSA) is 63.4 Å². The summed E-state index contributed by atoms with van der Waals surface area (Å²) in [6.45, 7) is 10.9. The summed E-state index contributed by atoms with van der Waals surface area (Å²) >= 11 is 0. The van der Waals surface area contributed by atoms with Crippen LogP contribution in [0.1, 0.15) is 33.6 Å². The Bertz CT molecular complexity index is 331. The molecule has 1 rings (SSSR count). The van der Waals surface area contributed by atoms with E-state index in [0.29, 0.717) is 30.6 Å². The van der Waals surface area contributed by atoms with Gasteiger partial charge in [0.25, 0.3) is 0 Å². The molecule has 0 spiro atoms. The van der Waals surface area contributed by atoms with Crippen LogP contribution in [0.3, 0.4) is 0 Å². The van der Waals surface area contributed by atoms with E-state index in [0.717, 1.165) is 13.1 Å². The lowest BCUT2D eigenvalue weighted by molar-refractivity contribution is 0.160. The van der Waals surface area contributed by atoms with Crippen molar-refractivity contribution in [3.05, 3.63) is 5.89 Å². The highest BCUT2D eigenvalue weighted by atomic mass is 16.5. The molecule has 0 saturated carbocycles. The number of rotatable bonds is 8. The SMILES string of the molecule is COCc1nnc(NCCN(C(C)C)C(C)C)o1. The third kappa shape index (κ3) is 4.62. The molecule has 1 N–H and O–H groups in total. The van der Waals surface area contributed by atoms with Crippen LogP contribution in [0.4, 0.5) is 6.01 Å². The fraction of sp³-hybridized carbons (Fsp3) is 0.833. The van der Waals surface area contributed by atoms with E-state index in [2.05, 4.69) is 48.1 Å². The van der Waals surface area contributed by atoms with E-state index >= 15 is 0 Å². The average Bonchev–Trinajstić information content (AvgIpc) is 2.71. The first-order valence-electron chi connectivity index (χ1n) is 6.35. The fourth-order valence-corrected chi connectivity index (χ4v) is 1.91. The van der Waals surface area contributed by atoms with Gasteiger partial charge in [0.1, 0.15) is 6.61 Å². The molecule has 0 unspecified atom stereocenters. The van der Waals surface area contributed by atoms with Gasteiger partial charge in [0.15, 0.2) is 0 Å². The van der Waals surface area contributed by atoms with E-state index in [4.69, 9.17) is 9.15 Å². The molecule has 0 bridgehead atoms. The van der Waals surface area contributed by atoms with Crippen molar-refractivity contribution in [1.29, 1.82) is 0 Å². The van der Waals surface area contributed by atoms with Crippen LogP contribution in [0, 0.1) is 0 Å². The van der Waals surface area contributed by atoms with E-state index < -0.39 is 0 Å². The van der Waals surface area contributed by atoms with Gasteiger partial charge in [-0.25, -0.2) is 0 Å². The van der Waals surface area contributed by atoms with Crippen LogP contribution in [-0.2, 0) is 11.3 Å². The van der Waals surface area contributed by atoms with Crippen molar-refractivity contribution >= 4 is 6.01 Å². The Hall–Kier alpha value is -1.14. The van der Waals surface area contributed by atoms with Gasteiger partial charge in [0.2, 0.25) is 5.89 Å². The predicted molar refractivity (Wildman–Crippen MR) is 70.5 cm³/mol. The highest BCUT2D eigenvalue weighted by molar-refractivity contribution is 5.16. The van der Waals surface area contributed by atoms with Gasteiger partial charge in [0.05, 0.1) is 0 Å². The molecule has 104 valence electrons. The zero-order valence-corrected chi connectivity index (χ0v) is 11.9. The van der Waals surface area contributed by atoms with Gasteiger partial charge in [0, 0.05) is 32.3 Å². The molecule has 18 heavy (non-hydrogen) atoms. The molecule has 6 heteroatoms. The Balaban J connectivity index is 2.35. The summed E-state index contributed by atoms with van der Waals surface area (Å²) in [5.74, 6) is 0.490. The molecular weight excluding hydrogens is 232 g/mol. The number of methoxy groups -OCH3 is 1. The molecule has 1 heterocycles. The summed E-state index contributed by atoms with van der Waals surface area (Å²) in [6, 6.07) is 1.51. The minimum Gasteiger partial charge on any atom is -0.406 e. The van der Waals surface area contributed by atoms with Gasteiger partial charge >= 0.3 is 6.01 Å². The Labute approximate surface area is 109 Å². The van der Waals surface area contributed by atoms with Gasteiger partial charge in [-0.05, 0) is 27.7 Å². The number of nitrogens with zero attached hydrogens (tertiary/aromatic N) is 3. The zero-order chi connectivity index (χ0) is 13.5. The van der Waals surface area contributed by atoms with E-state index in [1.54, 1.807) is 7.11 Å². The summed E-state index contributed by atoms with van der Waals surface area (Å²) in [4.78, 5) is 2.40. The van der Waals surface area contributed by atoms with Crippen molar-refractivity contribution in [3.8, 4) is 0 Å². The number of hydrogen-bond acceptors (Lipinski definition) is 6. The van der Waals surface area contributed by atoms with Crippen LogP contribution < -0.4 is 5.32 Å². The number of nitrogens with one attached hydrogen (secondary N) is 1. The lowest BCUT2D eigenvalue weighted by Gasteiger charge is -2.30. The molecule has 1 aromatic heterocycles. The summed E-state index contributed by atoms with van der Waals surface area (Å²) in [5, 5.41) is 10.9. The Morgan fingerprint density at radius 1 is 1.22 bits per heavy atom. The second kappa shape index (κ2) is 7.33. The molecule has 6 nitrogen and oxygen atoms in total. The monoisotopic (exact) mass is 256 g/mol. The maximum Gasteiger partial charge on any atom is 0.315 e. The standard InChI is InChI=1S/C12H24N4O2/c1-9(2)16(10(3)4)7-6-13-12-15-14-11(18-12)8-17-5/h9-10H,6-8H2,1-5H3,(H,13,15). The van der Waals surface area contributed by atoms with Gasteiger partial charge in [-0.2, -0.15) is 0 Å². The Morgan fingerprint density at radius 2 is 1.89 bits per heavy atom. The van der Waals surface area contributed by atoms with Crippen molar-refractivity contribution in [1.82, 2.24) is 15.1 Å². The number of hydrogen-bond donors (Lipinski definition) is 1. The van der Waals surface area contributed by atoms with Crippen LogP contribution in [0.5, 0.6) is 0 Å². The van der Waals surface area contributed by atoms with Crippen LogP contribution in [0.15, 0.2) is 4.42 Å². The number of ether oxygens (including phenoxy) is 1. The van der Waals surface area contributed by atoms with Crippen molar-refractivity contribution < 1.29 is 9.15 Å². The summed E-state index contributed by atoms with van der Waals surface area (Å²) in [5.41, 5.74) is 0. The molecule has 0 atom stereocenters. The molecule has 0 radical (unpaired) electrons. The molecule has 1 aromatic rings. The van der Waals surface area contributed by atoms with Crippen LogP contribution in [-0.4, -0.2) is 47.4 Å². The van der Waals surface area contributed by atoms with E-state index in [-0.39, 0.29) is 0 Å². The average molecular weight is 256 g/mol. The fourth-order valence-electron chi connectivity index (χ4n) is 1.91. The molecule has 0 amide bonds. The first kappa shape index (κ1) is 14.9. The van der Waals surface area contributed by atoms with Crippen molar-refractivity contribution in [3.63, 3.8) is 0 Å². The normalized spacial score (nSPS) is 11.8. The lowest BCUT2D eigenvalue weighted by Crippen LogP contribution is -2.40. The number of anilines is 1. The smallest absolute Gasteiger partial charge is 0.315 e. The van der Waals surface area contributed by atoms with Crippen molar-refractivity contribution in [2.45, 2.75) is 46.4 Å². The second-order valence-electron chi connectivity index (χ2n) is 4.79. The second-order valence-corrected chi connectivity index (χ2v) is 4.79. The van der Waals surface area contributed by atoms with Gasteiger partial charge in [-0.15, -0.1) is 5.10 Å². The van der Waals surface area contributed by atoms with Gasteiger partial charge < -0.3 is 14.5 Å². The molecule has 0 aliphatic rings. The minimum absolute atomic E-state index is 0.346. The predicted octanol–water partition coefficient (Wildman–Crippen LogP) is 1.75. The first-order chi connectivity index (χ1) is 8.54. The maximum atomic E-state index is 5.35. The van der Waals surface area contributed by atoms with E-state index in [1.807, 2.05) is 0 Å². The maximum absolute atomic E-state index is 5.35. The summed E-state index contributed by atoms with van der Waals surface area (Å²) in [7, 11) is 1.60. The summed E-state index contributed by atoms with van der Waals surface area (Å²) < 4.78 is 10.3. The molecular formula is C12H24N4O2.